The maximum Gasteiger partial charge on any atom is 0.344 e. The van der Waals surface area contributed by atoms with E-state index in [0.29, 0.717) is 12.0 Å². The zero-order chi connectivity index (χ0) is 19.7. The third-order valence-electron chi connectivity index (χ3n) is 6.12. The van der Waals surface area contributed by atoms with Crippen molar-refractivity contribution in [2.45, 2.75) is 69.4 Å². The monoisotopic (exact) mass is 376 g/mol. The molecule has 0 spiro atoms. The minimum Gasteiger partial charge on any atom is -0.457 e. The molecule has 146 valence electrons. The van der Waals surface area contributed by atoms with Gasteiger partial charge in [0.15, 0.2) is 5.78 Å². The molecule has 2 N–H and O–H groups in total. The third-order valence-corrected chi connectivity index (χ3v) is 6.12. The Hall–Kier alpha value is -1.80. The molecule has 0 aromatic heterocycles. The zero-order valence-corrected chi connectivity index (χ0v) is 15.6. The average molecular weight is 376 g/mol. The van der Waals surface area contributed by atoms with Gasteiger partial charge in [-0.3, -0.25) is 4.79 Å². The summed E-state index contributed by atoms with van der Waals surface area (Å²) in [5.74, 6) is -3.52. The Kier molecular flexibility index (Phi) is 4.02. The van der Waals surface area contributed by atoms with Crippen molar-refractivity contribution in [2.24, 2.45) is 5.92 Å². The number of hydrogen-bond donors (Lipinski definition) is 2. The van der Waals surface area contributed by atoms with Crippen LogP contribution in [0.3, 0.4) is 0 Å². The molecule has 7 nitrogen and oxygen atoms in total. The molecule has 0 amide bonds. The minimum atomic E-state index is -2.13. The molecule has 3 saturated heterocycles. The number of allylic oxidation sites excluding steroid dienone is 2. The average Bonchev–Trinajstić information content (AvgIpc) is 3.26. The van der Waals surface area contributed by atoms with Crippen LogP contribution in [0.25, 0.3) is 0 Å². The van der Waals surface area contributed by atoms with E-state index in [1.54, 1.807) is 13.8 Å². The van der Waals surface area contributed by atoms with Crippen molar-refractivity contribution in [1.82, 2.24) is 0 Å². The lowest BCUT2D eigenvalue weighted by Gasteiger charge is -2.46. The summed E-state index contributed by atoms with van der Waals surface area (Å²) in [7, 11) is 0. The van der Waals surface area contributed by atoms with Gasteiger partial charge < -0.3 is 24.4 Å². The molecule has 7 unspecified atom stereocenters. The van der Waals surface area contributed by atoms with Gasteiger partial charge in [0.05, 0.1) is 0 Å². The van der Waals surface area contributed by atoms with Crippen LogP contribution in [0.4, 0.5) is 0 Å². The Morgan fingerprint density at radius 3 is 2.59 bits per heavy atom. The summed E-state index contributed by atoms with van der Waals surface area (Å²) < 4.78 is 17.1. The molecule has 4 heterocycles. The molecule has 7 heteroatoms. The zero-order valence-electron chi connectivity index (χ0n) is 15.6. The quantitative estimate of drug-likeness (QED) is 0.399. The summed E-state index contributed by atoms with van der Waals surface area (Å²) in [6.07, 6.45) is 0.170. The lowest BCUT2D eigenvalue weighted by molar-refractivity contribution is -0.297. The molecule has 0 radical (unpaired) electrons. The molecule has 0 aliphatic carbocycles. The molecular weight excluding hydrogens is 352 g/mol. The van der Waals surface area contributed by atoms with E-state index < -0.39 is 47.7 Å². The van der Waals surface area contributed by atoms with Gasteiger partial charge in [0.25, 0.3) is 0 Å². The van der Waals surface area contributed by atoms with Crippen molar-refractivity contribution in [1.29, 1.82) is 0 Å². The number of ketones is 1. The summed E-state index contributed by atoms with van der Waals surface area (Å²) in [6, 6.07) is 0. The maximum absolute atomic E-state index is 12.6. The fourth-order valence-corrected chi connectivity index (χ4v) is 4.53. The van der Waals surface area contributed by atoms with Gasteiger partial charge in [-0.05, 0) is 44.9 Å². The Morgan fingerprint density at radius 1 is 1.26 bits per heavy atom. The molecule has 4 aliphatic heterocycles. The first-order chi connectivity index (χ1) is 12.6. The predicted octanol–water partition coefficient (Wildman–Crippen LogP) is 0.945. The van der Waals surface area contributed by atoms with Crippen molar-refractivity contribution >= 4 is 11.8 Å². The van der Waals surface area contributed by atoms with E-state index in [2.05, 4.69) is 6.58 Å². The fraction of sp³-hybridized carbons (Fsp3) is 0.600. The van der Waals surface area contributed by atoms with Gasteiger partial charge in [0.2, 0.25) is 11.4 Å². The van der Waals surface area contributed by atoms with Crippen LogP contribution in [0.5, 0.6) is 0 Å². The second-order valence-electron chi connectivity index (χ2n) is 8.14. The second-order valence-corrected chi connectivity index (χ2v) is 8.14. The number of rotatable bonds is 1. The van der Waals surface area contributed by atoms with Gasteiger partial charge in [-0.25, -0.2) is 4.79 Å². The number of carbonyl (C=O) groups excluding carboxylic acids is 2. The first-order valence-electron chi connectivity index (χ1n) is 9.12. The Bertz CT molecular complexity index is 796. The highest BCUT2D eigenvalue weighted by molar-refractivity contribution is 6.00. The second kappa shape index (κ2) is 5.85. The summed E-state index contributed by atoms with van der Waals surface area (Å²) in [4.78, 5) is 25.0. The molecule has 4 aliphatic rings. The maximum atomic E-state index is 12.6. The standard InChI is InChI=1S/C20H24O7/c1-9(2)13-8-15-19-17(27-19)14(25-18(19)23)6-10(3)5-12(21)7-11(4)20(24,26-15)16(13)22/h5,7,13-17,22,24H,1,6,8H2,2-4H3/b10-5-,11-7-. The summed E-state index contributed by atoms with van der Waals surface area (Å²) in [6.45, 7) is 8.95. The van der Waals surface area contributed by atoms with Crippen LogP contribution in [-0.2, 0) is 23.8 Å². The highest BCUT2D eigenvalue weighted by atomic mass is 16.7. The van der Waals surface area contributed by atoms with E-state index in [4.69, 9.17) is 14.2 Å². The Morgan fingerprint density at radius 2 is 1.96 bits per heavy atom. The van der Waals surface area contributed by atoms with Gasteiger partial charge in [-0.1, -0.05) is 17.7 Å². The van der Waals surface area contributed by atoms with Gasteiger partial charge in [0.1, 0.15) is 24.4 Å². The summed E-state index contributed by atoms with van der Waals surface area (Å²) in [5.41, 5.74) is 0.271. The molecule has 0 aromatic carbocycles. The van der Waals surface area contributed by atoms with Gasteiger partial charge >= 0.3 is 5.97 Å². The van der Waals surface area contributed by atoms with Crippen LogP contribution in [0.1, 0.15) is 33.6 Å². The van der Waals surface area contributed by atoms with E-state index in [9.17, 15) is 19.8 Å². The van der Waals surface area contributed by atoms with Gasteiger partial charge in [0, 0.05) is 12.3 Å². The van der Waals surface area contributed by atoms with E-state index in [1.165, 1.54) is 19.1 Å². The number of ether oxygens (including phenoxy) is 3. The lowest BCUT2D eigenvalue weighted by Crippen LogP contribution is -2.60. The summed E-state index contributed by atoms with van der Waals surface area (Å²) >= 11 is 0. The molecule has 27 heavy (non-hydrogen) atoms. The topological polar surface area (TPSA) is 106 Å². The van der Waals surface area contributed by atoms with E-state index in [-0.39, 0.29) is 17.8 Å². The smallest absolute Gasteiger partial charge is 0.344 e. The van der Waals surface area contributed by atoms with E-state index >= 15 is 0 Å². The van der Waals surface area contributed by atoms with Crippen molar-refractivity contribution in [3.8, 4) is 0 Å². The number of carbonyl (C=O) groups is 2. The predicted molar refractivity (Wildman–Crippen MR) is 93.4 cm³/mol. The van der Waals surface area contributed by atoms with Crippen LogP contribution in [0.2, 0.25) is 0 Å². The third kappa shape index (κ3) is 2.56. The van der Waals surface area contributed by atoms with Gasteiger partial charge in [-0.2, -0.15) is 0 Å². The van der Waals surface area contributed by atoms with Crippen LogP contribution >= 0.6 is 0 Å². The minimum absolute atomic E-state index is 0.164. The highest BCUT2D eigenvalue weighted by Crippen LogP contribution is 2.56. The Labute approximate surface area is 157 Å². The molecule has 3 fully saturated rings. The highest BCUT2D eigenvalue weighted by Gasteiger charge is 2.78. The van der Waals surface area contributed by atoms with Crippen molar-refractivity contribution in [2.75, 3.05) is 0 Å². The molecule has 4 bridgehead atoms. The number of aliphatic hydroxyl groups is 2. The molecule has 0 aromatic rings. The normalized spacial score (nSPS) is 50.2. The molecule has 0 saturated carbocycles. The van der Waals surface area contributed by atoms with Crippen molar-refractivity contribution < 1.29 is 34.0 Å². The molecule has 4 rings (SSSR count). The van der Waals surface area contributed by atoms with Crippen LogP contribution in [0.15, 0.2) is 35.5 Å². The van der Waals surface area contributed by atoms with Crippen molar-refractivity contribution in [3.05, 3.63) is 35.5 Å². The SMILES string of the molecule is C=C(C)C1CC2OC(O)(/C(C)=C\C(=O)/C=C(/C)CC3OC(=O)C24OC34)C1O. The Balaban J connectivity index is 1.85. The number of esters is 1. The van der Waals surface area contributed by atoms with Crippen LogP contribution in [-0.4, -0.2) is 57.8 Å². The van der Waals surface area contributed by atoms with E-state index in [0.717, 1.165) is 5.57 Å². The lowest BCUT2D eigenvalue weighted by atomic mass is 9.76. The number of aliphatic hydroxyl groups excluding tert-OH is 1. The first kappa shape index (κ1) is 18.6. The largest absolute Gasteiger partial charge is 0.457 e. The van der Waals surface area contributed by atoms with Crippen LogP contribution in [0, 0.1) is 5.92 Å². The molecular formula is C20H24O7. The van der Waals surface area contributed by atoms with Crippen LogP contribution < -0.4 is 0 Å². The number of hydrogen-bond acceptors (Lipinski definition) is 7. The van der Waals surface area contributed by atoms with Crippen molar-refractivity contribution in [3.63, 3.8) is 0 Å². The fourth-order valence-electron chi connectivity index (χ4n) is 4.53. The summed E-state index contributed by atoms with van der Waals surface area (Å²) in [5, 5.41) is 22.0. The molecule has 7 atom stereocenters. The van der Waals surface area contributed by atoms with E-state index in [1.807, 2.05) is 0 Å². The number of fused-ring (bicyclic) bond motifs is 2. The number of epoxide rings is 1. The van der Waals surface area contributed by atoms with Gasteiger partial charge in [-0.15, -0.1) is 0 Å². The first-order valence-corrected chi connectivity index (χ1v) is 9.12.